The van der Waals surface area contributed by atoms with Crippen LogP contribution in [0, 0.1) is 5.92 Å². The summed E-state index contributed by atoms with van der Waals surface area (Å²) < 4.78 is 5.47. The van der Waals surface area contributed by atoms with Crippen molar-refractivity contribution in [3.05, 3.63) is 35.4 Å². The van der Waals surface area contributed by atoms with Gasteiger partial charge in [0.25, 0.3) is 5.91 Å². The van der Waals surface area contributed by atoms with Gasteiger partial charge in [-0.15, -0.1) is 0 Å². The van der Waals surface area contributed by atoms with E-state index in [2.05, 4.69) is 24.1 Å². The molecule has 1 aromatic carbocycles. The maximum atomic E-state index is 12.7. The number of hydrogen-bond donors (Lipinski definition) is 1. The van der Waals surface area contributed by atoms with Crippen LogP contribution in [0.1, 0.15) is 49.0 Å². The molecule has 2 aliphatic rings. The molecule has 1 atom stereocenters. The van der Waals surface area contributed by atoms with Crippen molar-refractivity contribution in [2.45, 2.75) is 45.7 Å². The highest BCUT2D eigenvalue weighted by atomic mass is 16.5. The first kappa shape index (κ1) is 20.8. The molecule has 2 aliphatic heterocycles. The number of carbonyl (C=O) groups is 2. The monoisotopic (exact) mass is 387 g/mol. The van der Waals surface area contributed by atoms with Gasteiger partial charge in [0, 0.05) is 50.7 Å². The second kappa shape index (κ2) is 10.0. The van der Waals surface area contributed by atoms with Gasteiger partial charge in [-0.25, -0.2) is 0 Å². The average molecular weight is 388 g/mol. The minimum atomic E-state index is -0.0448. The van der Waals surface area contributed by atoms with Crippen LogP contribution in [0.25, 0.3) is 0 Å². The van der Waals surface area contributed by atoms with Crippen molar-refractivity contribution >= 4 is 11.8 Å². The number of nitrogens with zero attached hydrogens (tertiary/aromatic N) is 2. The maximum Gasteiger partial charge on any atom is 0.251 e. The summed E-state index contributed by atoms with van der Waals surface area (Å²) in [6.07, 6.45) is 2.62. The molecule has 1 unspecified atom stereocenters. The Morgan fingerprint density at radius 3 is 2.68 bits per heavy atom. The third-order valence-electron chi connectivity index (χ3n) is 5.54. The second-order valence-corrected chi connectivity index (χ2v) is 8.26. The standard InChI is InChI=1S/C22H33N3O3/c1-17(2)13-20(24-9-11-28-12-10-24)15-23-22(27)19-6-3-5-18(14-19)16-25-8-4-7-21(25)26/h3,5-6,14,17,20H,4,7-13,15-16H2,1-2H3,(H,23,27). The topological polar surface area (TPSA) is 61.9 Å². The van der Waals surface area contributed by atoms with E-state index in [1.165, 1.54) is 0 Å². The smallest absolute Gasteiger partial charge is 0.251 e. The van der Waals surface area contributed by atoms with Gasteiger partial charge in [0.05, 0.1) is 13.2 Å². The summed E-state index contributed by atoms with van der Waals surface area (Å²) in [5.74, 6) is 0.736. The van der Waals surface area contributed by atoms with E-state index in [1.807, 2.05) is 29.2 Å². The fraction of sp³-hybridized carbons (Fsp3) is 0.636. The molecule has 0 spiro atoms. The summed E-state index contributed by atoms with van der Waals surface area (Å²) in [7, 11) is 0. The van der Waals surface area contributed by atoms with Crippen LogP contribution in [0.2, 0.25) is 0 Å². The van der Waals surface area contributed by atoms with Gasteiger partial charge in [-0.05, 0) is 36.5 Å². The first-order valence-electron chi connectivity index (χ1n) is 10.5. The molecule has 154 valence electrons. The van der Waals surface area contributed by atoms with Crippen LogP contribution in [0.4, 0.5) is 0 Å². The van der Waals surface area contributed by atoms with Crippen LogP contribution in [0.3, 0.4) is 0 Å². The summed E-state index contributed by atoms with van der Waals surface area (Å²) in [6.45, 7) is 9.86. The number of hydrogen-bond acceptors (Lipinski definition) is 4. The van der Waals surface area contributed by atoms with Crippen LogP contribution in [-0.4, -0.2) is 67.0 Å². The third kappa shape index (κ3) is 5.79. The Balaban J connectivity index is 1.58. The van der Waals surface area contributed by atoms with Crippen LogP contribution < -0.4 is 5.32 Å². The SMILES string of the molecule is CC(C)CC(CNC(=O)c1cccc(CN2CCCC2=O)c1)N1CCOCC1. The molecule has 1 N–H and O–H groups in total. The van der Waals surface area contributed by atoms with E-state index < -0.39 is 0 Å². The summed E-state index contributed by atoms with van der Waals surface area (Å²) in [5, 5.41) is 3.13. The normalized spacial score (nSPS) is 19.2. The Hall–Kier alpha value is -1.92. The Morgan fingerprint density at radius 1 is 1.21 bits per heavy atom. The Labute approximate surface area is 168 Å². The number of carbonyl (C=O) groups excluding carboxylic acids is 2. The second-order valence-electron chi connectivity index (χ2n) is 8.26. The number of amides is 2. The molecule has 0 radical (unpaired) electrons. The summed E-state index contributed by atoms with van der Waals surface area (Å²) >= 11 is 0. The zero-order valence-electron chi connectivity index (χ0n) is 17.2. The van der Waals surface area contributed by atoms with Crippen molar-refractivity contribution in [1.82, 2.24) is 15.1 Å². The van der Waals surface area contributed by atoms with Crippen LogP contribution in [0.15, 0.2) is 24.3 Å². The molecule has 0 aromatic heterocycles. The summed E-state index contributed by atoms with van der Waals surface area (Å²) in [6, 6.07) is 7.97. The quantitative estimate of drug-likeness (QED) is 0.743. The molecule has 2 fully saturated rings. The van der Waals surface area contributed by atoms with Crippen LogP contribution >= 0.6 is 0 Å². The Morgan fingerprint density at radius 2 is 2.00 bits per heavy atom. The minimum absolute atomic E-state index is 0.0448. The molecule has 0 aliphatic carbocycles. The van der Waals surface area contributed by atoms with Crippen molar-refractivity contribution in [3.63, 3.8) is 0 Å². The average Bonchev–Trinajstić information content (AvgIpc) is 3.10. The molecular formula is C22H33N3O3. The van der Waals surface area contributed by atoms with Gasteiger partial charge < -0.3 is 15.0 Å². The highest BCUT2D eigenvalue weighted by molar-refractivity contribution is 5.94. The van der Waals surface area contributed by atoms with E-state index in [4.69, 9.17) is 4.74 Å². The number of ether oxygens (including phenoxy) is 1. The fourth-order valence-corrected chi connectivity index (χ4v) is 4.06. The van der Waals surface area contributed by atoms with Crippen molar-refractivity contribution in [2.24, 2.45) is 5.92 Å². The van der Waals surface area contributed by atoms with Crippen molar-refractivity contribution in [2.75, 3.05) is 39.4 Å². The highest BCUT2D eigenvalue weighted by Gasteiger charge is 2.23. The van der Waals surface area contributed by atoms with E-state index in [0.29, 0.717) is 37.0 Å². The lowest BCUT2D eigenvalue weighted by molar-refractivity contribution is -0.128. The maximum absolute atomic E-state index is 12.7. The molecule has 6 heteroatoms. The number of rotatable bonds is 8. The molecule has 3 rings (SSSR count). The molecule has 28 heavy (non-hydrogen) atoms. The largest absolute Gasteiger partial charge is 0.379 e. The first-order chi connectivity index (χ1) is 13.5. The molecule has 0 bridgehead atoms. The zero-order chi connectivity index (χ0) is 19.9. The van der Waals surface area contributed by atoms with E-state index in [9.17, 15) is 9.59 Å². The molecular weight excluding hydrogens is 354 g/mol. The first-order valence-corrected chi connectivity index (χ1v) is 10.5. The van der Waals surface area contributed by atoms with Gasteiger partial charge in [0.1, 0.15) is 0 Å². The van der Waals surface area contributed by atoms with E-state index >= 15 is 0 Å². The van der Waals surface area contributed by atoms with Crippen molar-refractivity contribution in [1.29, 1.82) is 0 Å². The molecule has 2 amide bonds. The zero-order valence-corrected chi connectivity index (χ0v) is 17.2. The predicted molar refractivity (Wildman–Crippen MR) is 109 cm³/mol. The van der Waals surface area contributed by atoms with Gasteiger partial charge in [-0.1, -0.05) is 26.0 Å². The van der Waals surface area contributed by atoms with Crippen molar-refractivity contribution in [3.8, 4) is 0 Å². The minimum Gasteiger partial charge on any atom is -0.379 e. The van der Waals surface area contributed by atoms with Gasteiger partial charge in [-0.2, -0.15) is 0 Å². The number of likely N-dealkylation sites (tertiary alicyclic amines) is 1. The lowest BCUT2D eigenvalue weighted by Gasteiger charge is -2.35. The summed E-state index contributed by atoms with van der Waals surface area (Å²) in [5.41, 5.74) is 1.67. The van der Waals surface area contributed by atoms with Gasteiger partial charge in [0.2, 0.25) is 5.91 Å². The lowest BCUT2D eigenvalue weighted by atomic mass is 10.0. The van der Waals surface area contributed by atoms with Crippen LogP contribution in [-0.2, 0) is 16.1 Å². The number of morpholine rings is 1. The molecule has 1 aromatic rings. The van der Waals surface area contributed by atoms with Crippen LogP contribution in [0.5, 0.6) is 0 Å². The van der Waals surface area contributed by atoms with E-state index in [-0.39, 0.29) is 11.8 Å². The molecule has 2 saturated heterocycles. The van der Waals surface area contributed by atoms with E-state index in [0.717, 1.165) is 51.3 Å². The predicted octanol–water partition coefficient (Wildman–Crippen LogP) is 2.29. The lowest BCUT2D eigenvalue weighted by Crippen LogP contribution is -2.49. The molecule has 0 saturated carbocycles. The molecule has 6 nitrogen and oxygen atoms in total. The van der Waals surface area contributed by atoms with E-state index in [1.54, 1.807) is 0 Å². The number of nitrogens with one attached hydrogen (secondary N) is 1. The third-order valence-corrected chi connectivity index (χ3v) is 5.54. The Bertz CT molecular complexity index is 671. The molecule has 2 heterocycles. The fourth-order valence-electron chi connectivity index (χ4n) is 4.06. The van der Waals surface area contributed by atoms with Gasteiger partial charge >= 0.3 is 0 Å². The highest BCUT2D eigenvalue weighted by Crippen LogP contribution is 2.16. The van der Waals surface area contributed by atoms with Crippen molar-refractivity contribution < 1.29 is 14.3 Å². The van der Waals surface area contributed by atoms with Gasteiger partial charge in [0.15, 0.2) is 0 Å². The Kier molecular flexibility index (Phi) is 7.45. The number of benzene rings is 1. The summed E-state index contributed by atoms with van der Waals surface area (Å²) in [4.78, 5) is 28.9. The van der Waals surface area contributed by atoms with Gasteiger partial charge in [-0.3, -0.25) is 14.5 Å².